The molecular weight excluding hydrogens is 361 g/mol. The number of hydrogen-bond acceptors (Lipinski definition) is 4. The highest BCUT2D eigenvalue weighted by molar-refractivity contribution is 6.00. The standard InChI is InChI=1S/C20H24FN5O2/c21-15-3-1-2-14(11-15)19-18(20(22)28)16-12-25(8-9-26(16)24-19)17(27)10-13-4-6-23-7-5-13/h1-3,11,13,23H,4-10,12H2,(H2,22,28). The van der Waals surface area contributed by atoms with Crippen molar-refractivity contribution in [2.45, 2.75) is 32.4 Å². The van der Waals surface area contributed by atoms with E-state index in [2.05, 4.69) is 10.4 Å². The average molecular weight is 385 g/mol. The number of fused-ring (bicyclic) bond motifs is 1. The molecule has 1 aromatic carbocycles. The summed E-state index contributed by atoms with van der Waals surface area (Å²) in [4.78, 5) is 26.7. The molecule has 28 heavy (non-hydrogen) atoms. The number of amides is 2. The molecule has 7 nitrogen and oxygen atoms in total. The van der Waals surface area contributed by atoms with E-state index in [0.29, 0.717) is 48.9 Å². The van der Waals surface area contributed by atoms with E-state index in [1.54, 1.807) is 21.7 Å². The fourth-order valence-electron chi connectivity index (χ4n) is 4.09. The van der Waals surface area contributed by atoms with Gasteiger partial charge < -0.3 is 16.0 Å². The van der Waals surface area contributed by atoms with Crippen LogP contribution in [-0.2, 0) is 17.9 Å². The molecule has 8 heteroatoms. The quantitative estimate of drug-likeness (QED) is 0.835. The lowest BCUT2D eigenvalue weighted by Crippen LogP contribution is -2.40. The van der Waals surface area contributed by atoms with Crippen LogP contribution in [0.1, 0.15) is 35.3 Å². The Morgan fingerprint density at radius 3 is 2.75 bits per heavy atom. The molecule has 3 N–H and O–H groups in total. The van der Waals surface area contributed by atoms with Gasteiger partial charge in [-0.15, -0.1) is 0 Å². The fraction of sp³-hybridized carbons (Fsp3) is 0.450. The first-order valence-corrected chi connectivity index (χ1v) is 9.67. The van der Waals surface area contributed by atoms with Crippen LogP contribution < -0.4 is 11.1 Å². The van der Waals surface area contributed by atoms with Crippen molar-refractivity contribution in [3.05, 3.63) is 41.3 Å². The number of piperidine rings is 1. The van der Waals surface area contributed by atoms with E-state index in [4.69, 9.17) is 5.73 Å². The summed E-state index contributed by atoms with van der Waals surface area (Å²) >= 11 is 0. The smallest absolute Gasteiger partial charge is 0.252 e. The first-order chi connectivity index (χ1) is 13.5. The summed E-state index contributed by atoms with van der Waals surface area (Å²) in [5.41, 5.74) is 7.40. The number of nitrogens with zero attached hydrogens (tertiary/aromatic N) is 3. The van der Waals surface area contributed by atoms with Crippen LogP contribution in [0.2, 0.25) is 0 Å². The Balaban J connectivity index is 1.59. The summed E-state index contributed by atoms with van der Waals surface area (Å²) in [6.45, 7) is 3.23. The molecule has 0 unspecified atom stereocenters. The third-order valence-corrected chi connectivity index (χ3v) is 5.60. The highest BCUT2D eigenvalue weighted by Gasteiger charge is 2.30. The number of carbonyl (C=O) groups excluding carboxylic acids is 2. The van der Waals surface area contributed by atoms with E-state index >= 15 is 0 Å². The molecule has 0 aliphatic carbocycles. The van der Waals surface area contributed by atoms with Gasteiger partial charge in [-0.25, -0.2) is 4.39 Å². The molecular formula is C20H24FN5O2. The van der Waals surface area contributed by atoms with Crippen molar-refractivity contribution in [2.24, 2.45) is 11.7 Å². The third-order valence-electron chi connectivity index (χ3n) is 5.60. The molecule has 1 aromatic heterocycles. The number of hydrogen-bond donors (Lipinski definition) is 2. The van der Waals surface area contributed by atoms with Crippen molar-refractivity contribution in [3.63, 3.8) is 0 Å². The van der Waals surface area contributed by atoms with E-state index in [0.717, 1.165) is 25.9 Å². The molecule has 4 rings (SSSR count). The van der Waals surface area contributed by atoms with Crippen LogP contribution in [0.4, 0.5) is 4.39 Å². The molecule has 148 valence electrons. The first-order valence-electron chi connectivity index (χ1n) is 9.67. The summed E-state index contributed by atoms with van der Waals surface area (Å²) in [7, 11) is 0. The van der Waals surface area contributed by atoms with E-state index in [9.17, 15) is 14.0 Å². The maximum absolute atomic E-state index is 13.7. The molecule has 3 heterocycles. The molecule has 2 aliphatic heterocycles. The summed E-state index contributed by atoms with van der Waals surface area (Å²) < 4.78 is 15.4. The number of rotatable bonds is 4. The third kappa shape index (κ3) is 3.64. The maximum atomic E-state index is 13.7. The summed E-state index contributed by atoms with van der Waals surface area (Å²) in [5, 5.41) is 7.80. The molecule has 2 amide bonds. The Morgan fingerprint density at radius 1 is 1.25 bits per heavy atom. The molecule has 0 spiro atoms. The predicted octanol–water partition coefficient (Wildman–Crippen LogP) is 1.52. The predicted molar refractivity (Wildman–Crippen MR) is 102 cm³/mol. The minimum atomic E-state index is -0.617. The van der Waals surface area contributed by atoms with Crippen molar-refractivity contribution in [2.75, 3.05) is 19.6 Å². The molecule has 0 atom stereocenters. The van der Waals surface area contributed by atoms with E-state index in [1.165, 1.54) is 12.1 Å². The van der Waals surface area contributed by atoms with Gasteiger partial charge in [0.05, 0.1) is 24.3 Å². The highest BCUT2D eigenvalue weighted by Crippen LogP contribution is 2.29. The minimum absolute atomic E-state index is 0.0991. The Morgan fingerprint density at radius 2 is 2.04 bits per heavy atom. The number of aromatic nitrogens is 2. The first kappa shape index (κ1) is 18.6. The van der Waals surface area contributed by atoms with Gasteiger partial charge in [0.25, 0.3) is 5.91 Å². The Kier molecular flexibility index (Phi) is 5.13. The van der Waals surface area contributed by atoms with Gasteiger partial charge in [0.15, 0.2) is 0 Å². The van der Waals surface area contributed by atoms with Crippen molar-refractivity contribution in [3.8, 4) is 11.3 Å². The van der Waals surface area contributed by atoms with Gasteiger partial charge in [-0.2, -0.15) is 5.10 Å². The summed E-state index contributed by atoms with van der Waals surface area (Å²) in [5.74, 6) is -0.521. The van der Waals surface area contributed by atoms with Gasteiger partial charge in [0, 0.05) is 18.5 Å². The topological polar surface area (TPSA) is 93.2 Å². The second-order valence-electron chi connectivity index (χ2n) is 7.48. The van der Waals surface area contributed by atoms with E-state index in [1.807, 2.05) is 0 Å². The lowest BCUT2D eigenvalue weighted by Gasteiger charge is -2.30. The van der Waals surface area contributed by atoms with Crippen molar-refractivity contribution >= 4 is 11.8 Å². The zero-order valence-corrected chi connectivity index (χ0v) is 15.7. The summed E-state index contributed by atoms with van der Waals surface area (Å²) in [6, 6.07) is 5.94. The Bertz CT molecular complexity index is 904. The van der Waals surface area contributed by atoms with Crippen LogP contribution in [0.5, 0.6) is 0 Å². The second-order valence-corrected chi connectivity index (χ2v) is 7.48. The van der Waals surface area contributed by atoms with Gasteiger partial charge in [-0.3, -0.25) is 14.3 Å². The van der Waals surface area contributed by atoms with Crippen LogP contribution >= 0.6 is 0 Å². The number of halogens is 1. The number of nitrogens with two attached hydrogens (primary N) is 1. The van der Waals surface area contributed by atoms with Crippen LogP contribution in [-0.4, -0.2) is 46.1 Å². The van der Waals surface area contributed by atoms with Gasteiger partial charge >= 0.3 is 0 Å². The van der Waals surface area contributed by atoms with Gasteiger partial charge in [-0.05, 0) is 44.0 Å². The van der Waals surface area contributed by atoms with Gasteiger partial charge in [0.1, 0.15) is 11.5 Å². The molecule has 0 radical (unpaired) electrons. The second kappa shape index (κ2) is 7.71. The zero-order chi connectivity index (χ0) is 19.7. The largest absolute Gasteiger partial charge is 0.365 e. The fourth-order valence-corrected chi connectivity index (χ4v) is 4.09. The number of nitrogens with one attached hydrogen (secondary N) is 1. The lowest BCUT2D eigenvalue weighted by atomic mass is 9.94. The normalized spacial score (nSPS) is 17.4. The lowest BCUT2D eigenvalue weighted by molar-refractivity contribution is -0.133. The van der Waals surface area contributed by atoms with Crippen LogP contribution in [0.3, 0.4) is 0 Å². The van der Waals surface area contributed by atoms with Crippen LogP contribution in [0.15, 0.2) is 24.3 Å². The number of primary amides is 1. The van der Waals surface area contributed by atoms with Crippen molar-refractivity contribution in [1.82, 2.24) is 20.0 Å². The van der Waals surface area contributed by atoms with Crippen LogP contribution in [0, 0.1) is 11.7 Å². The zero-order valence-electron chi connectivity index (χ0n) is 15.7. The highest BCUT2D eigenvalue weighted by atomic mass is 19.1. The molecule has 2 aromatic rings. The minimum Gasteiger partial charge on any atom is -0.365 e. The van der Waals surface area contributed by atoms with Gasteiger partial charge in [-0.1, -0.05) is 12.1 Å². The molecule has 1 saturated heterocycles. The van der Waals surface area contributed by atoms with Crippen LogP contribution in [0.25, 0.3) is 11.3 Å². The van der Waals surface area contributed by atoms with E-state index in [-0.39, 0.29) is 11.5 Å². The molecule has 2 aliphatic rings. The Hall–Kier alpha value is -2.74. The maximum Gasteiger partial charge on any atom is 0.252 e. The monoisotopic (exact) mass is 385 g/mol. The number of benzene rings is 1. The molecule has 0 bridgehead atoms. The van der Waals surface area contributed by atoms with Crippen molar-refractivity contribution in [1.29, 1.82) is 0 Å². The molecule has 1 fully saturated rings. The van der Waals surface area contributed by atoms with E-state index < -0.39 is 11.7 Å². The van der Waals surface area contributed by atoms with Crippen molar-refractivity contribution < 1.29 is 14.0 Å². The van der Waals surface area contributed by atoms with Gasteiger partial charge in [0.2, 0.25) is 5.91 Å². The SMILES string of the molecule is NC(=O)c1c(-c2cccc(F)c2)nn2c1CN(C(=O)CC1CCNCC1)CC2. The molecule has 0 saturated carbocycles. The Labute approximate surface area is 162 Å². The average Bonchev–Trinajstić information content (AvgIpc) is 3.07. The number of carbonyl (C=O) groups is 2. The summed E-state index contributed by atoms with van der Waals surface area (Å²) in [6.07, 6.45) is 2.54.